The molecule has 0 radical (unpaired) electrons. The predicted molar refractivity (Wildman–Crippen MR) is 48.1 cm³/mol. The minimum atomic E-state index is 0.788. The number of furan rings is 1. The van der Waals surface area contributed by atoms with Crippen LogP contribution in [-0.4, -0.2) is 13.1 Å². The van der Waals surface area contributed by atoms with Gasteiger partial charge in [0.2, 0.25) is 0 Å². The molecule has 1 saturated heterocycles. The van der Waals surface area contributed by atoms with Gasteiger partial charge in [-0.2, -0.15) is 0 Å². The Morgan fingerprint density at radius 3 is 3.08 bits per heavy atom. The van der Waals surface area contributed by atoms with Gasteiger partial charge in [0.1, 0.15) is 11.5 Å². The summed E-state index contributed by atoms with van der Waals surface area (Å²) in [5, 5.41) is 3.36. The number of hydrogen-bond donors (Lipinski definition) is 1. The quantitative estimate of drug-likeness (QED) is 0.722. The molecule has 1 aliphatic rings. The number of nitrogens with one attached hydrogen (secondary N) is 1. The third-order valence-corrected chi connectivity index (χ3v) is 2.45. The lowest BCUT2D eigenvalue weighted by Gasteiger charge is -2.03. The molecular weight excluding hydrogens is 150 g/mol. The van der Waals surface area contributed by atoms with Crippen molar-refractivity contribution in [2.45, 2.75) is 19.8 Å². The molecule has 1 unspecified atom stereocenters. The van der Waals surface area contributed by atoms with Gasteiger partial charge in [-0.1, -0.05) is 0 Å². The Hall–Kier alpha value is -0.760. The van der Waals surface area contributed by atoms with Gasteiger partial charge < -0.3 is 9.73 Å². The Morgan fingerprint density at radius 2 is 2.50 bits per heavy atom. The van der Waals surface area contributed by atoms with Gasteiger partial charge in [-0.3, -0.25) is 0 Å². The molecular formula is C10H15NO. The van der Waals surface area contributed by atoms with Crippen molar-refractivity contribution in [2.24, 2.45) is 5.92 Å². The van der Waals surface area contributed by atoms with Crippen molar-refractivity contribution in [3.05, 3.63) is 23.7 Å². The van der Waals surface area contributed by atoms with Gasteiger partial charge in [0.25, 0.3) is 0 Å². The first-order valence-corrected chi connectivity index (χ1v) is 4.60. The largest absolute Gasteiger partial charge is 0.466 e. The molecule has 1 atom stereocenters. The monoisotopic (exact) mass is 165 g/mol. The van der Waals surface area contributed by atoms with Crippen molar-refractivity contribution < 1.29 is 4.42 Å². The highest BCUT2D eigenvalue weighted by molar-refractivity contribution is 5.06. The molecule has 2 nitrogen and oxygen atoms in total. The lowest BCUT2D eigenvalue weighted by Crippen LogP contribution is -2.10. The van der Waals surface area contributed by atoms with Crippen LogP contribution >= 0.6 is 0 Å². The second kappa shape index (κ2) is 3.31. The summed E-state index contributed by atoms with van der Waals surface area (Å²) in [7, 11) is 0. The van der Waals surface area contributed by atoms with E-state index in [1.54, 1.807) is 0 Å². The maximum atomic E-state index is 5.52. The van der Waals surface area contributed by atoms with Gasteiger partial charge >= 0.3 is 0 Å². The molecule has 0 amide bonds. The molecule has 1 aromatic heterocycles. The zero-order chi connectivity index (χ0) is 8.39. The normalized spacial score (nSPS) is 23.2. The number of rotatable bonds is 2. The van der Waals surface area contributed by atoms with Crippen LogP contribution in [0.1, 0.15) is 17.9 Å². The van der Waals surface area contributed by atoms with Gasteiger partial charge in [-0.25, -0.2) is 0 Å². The van der Waals surface area contributed by atoms with Crippen molar-refractivity contribution in [1.29, 1.82) is 0 Å². The maximum Gasteiger partial charge on any atom is 0.104 e. The van der Waals surface area contributed by atoms with Crippen LogP contribution in [0.4, 0.5) is 0 Å². The Morgan fingerprint density at radius 1 is 1.58 bits per heavy atom. The minimum absolute atomic E-state index is 0.788. The zero-order valence-corrected chi connectivity index (χ0v) is 7.47. The molecule has 2 heteroatoms. The van der Waals surface area contributed by atoms with Crippen molar-refractivity contribution in [1.82, 2.24) is 5.32 Å². The Kier molecular flexibility index (Phi) is 2.17. The highest BCUT2D eigenvalue weighted by Crippen LogP contribution is 2.16. The second-order valence-electron chi connectivity index (χ2n) is 3.58. The first kappa shape index (κ1) is 7.87. The first-order chi connectivity index (χ1) is 5.84. The first-order valence-electron chi connectivity index (χ1n) is 4.60. The second-order valence-corrected chi connectivity index (χ2v) is 3.58. The van der Waals surface area contributed by atoms with Crippen molar-refractivity contribution >= 4 is 0 Å². The summed E-state index contributed by atoms with van der Waals surface area (Å²) < 4.78 is 5.52. The summed E-state index contributed by atoms with van der Waals surface area (Å²) in [6.45, 7) is 4.32. The van der Waals surface area contributed by atoms with E-state index in [9.17, 15) is 0 Å². The van der Waals surface area contributed by atoms with Crippen LogP contribution < -0.4 is 5.32 Å². The fourth-order valence-electron chi connectivity index (χ4n) is 1.77. The molecule has 1 aromatic rings. The molecule has 2 rings (SSSR count). The summed E-state index contributed by atoms with van der Waals surface area (Å²) in [6, 6.07) is 4.13. The summed E-state index contributed by atoms with van der Waals surface area (Å²) in [4.78, 5) is 0. The van der Waals surface area contributed by atoms with E-state index >= 15 is 0 Å². The van der Waals surface area contributed by atoms with Crippen molar-refractivity contribution in [3.8, 4) is 0 Å². The fourth-order valence-corrected chi connectivity index (χ4v) is 1.77. The van der Waals surface area contributed by atoms with E-state index < -0.39 is 0 Å². The average Bonchev–Trinajstić information content (AvgIpc) is 2.63. The lowest BCUT2D eigenvalue weighted by molar-refractivity contribution is 0.440. The van der Waals surface area contributed by atoms with Gasteiger partial charge in [0, 0.05) is 6.42 Å². The van der Waals surface area contributed by atoms with Gasteiger partial charge in [0.05, 0.1) is 0 Å². The summed E-state index contributed by atoms with van der Waals surface area (Å²) >= 11 is 0. The van der Waals surface area contributed by atoms with Crippen LogP contribution in [0.2, 0.25) is 0 Å². The highest BCUT2D eigenvalue weighted by Gasteiger charge is 2.15. The summed E-state index contributed by atoms with van der Waals surface area (Å²) in [6.07, 6.45) is 2.39. The van der Waals surface area contributed by atoms with E-state index in [1.807, 2.05) is 13.0 Å². The molecule has 1 N–H and O–H groups in total. The third kappa shape index (κ3) is 1.69. The maximum absolute atomic E-state index is 5.52. The van der Waals surface area contributed by atoms with Gasteiger partial charge in [0.15, 0.2) is 0 Å². The lowest BCUT2D eigenvalue weighted by atomic mass is 10.0. The molecule has 2 heterocycles. The van der Waals surface area contributed by atoms with E-state index in [2.05, 4.69) is 11.4 Å². The molecule has 0 aromatic carbocycles. The van der Waals surface area contributed by atoms with E-state index in [4.69, 9.17) is 4.42 Å². The molecule has 0 aliphatic carbocycles. The topological polar surface area (TPSA) is 25.2 Å². The Balaban J connectivity index is 1.94. The Bertz CT molecular complexity index is 248. The van der Waals surface area contributed by atoms with E-state index in [1.165, 1.54) is 13.0 Å². The molecule has 0 bridgehead atoms. The molecule has 66 valence electrons. The Labute approximate surface area is 73.0 Å². The number of hydrogen-bond acceptors (Lipinski definition) is 2. The third-order valence-electron chi connectivity index (χ3n) is 2.45. The predicted octanol–water partition coefficient (Wildman–Crippen LogP) is 1.74. The van der Waals surface area contributed by atoms with Gasteiger partial charge in [-0.05, 0) is 44.5 Å². The molecule has 12 heavy (non-hydrogen) atoms. The molecule has 1 aliphatic heterocycles. The van der Waals surface area contributed by atoms with Crippen LogP contribution in [0.3, 0.4) is 0 Å². The molecule has 0 spiro atoms. The van der Waals surface area contributed by atoms with Gasteiger partial charge in [-0.15, -0.1) is 0 Å². The zero-order valence-electron chi connectivity index (χ0n) is 7.47. The van der Waals surface area contributed by atoms with Crippen molar-refractivity contribution in [2.75, 3.05) is 13.1 Å². The van der Waals surface area contributed by atoms with E-state index in [0.29, 0.717) is 0 Å². The SMILES string of the molecule is Cc1ccc(CC2CCNC2)o1. The van der Waals surface area contributed by atoms with E-state index in [-0.39, 0.29) is 0 Å². The standard InChI is InChI=1S/C10H15NO/c1-8-2-3-10(12-8)6-9-4-5-11-7-9/h2-3,9,11H,4-7H2,1H3. The van der Waals surface area contributed by atoms with E-state index in [0.717, 1.165) is 30.4 Å². The smallest absolute Gasteiger partial charge is 0.104 e. The van der Waals surface area contributed by atoms with Crippen LogP contribution in [0.5, 0.6) is 0 Å². The van der Waals surface area contributed by atoms with Crippen LogP contribution in [0.15, 0.2) is 16.5 Å². The summed E-state index contributed by atoms with van der Waals surface area (Å²) in [5.74, 6) is 2.95. The fraction of sp³-hybridized carbons (Fsp3) is 0.600. The van der Waals surface area contributed by atoms with Crippen molar-refractivity contribution in [3.63, 3.8) is 0 Å². The van der Waals surface area contributed by atoms with Crippen LogP contribution in [0.25, 0.3) is 0 Å². The summed E-state index contributed by atoms with van der Waals surface area (Å²) in [5.41, 5.74) is 0. The highest BCUT2D eigenvalue weighted by atomic mass is 16.3. The molecule has 1 fully saturated rings. The van der Waals surface area contributed by atoms with Crippen LogP contribution in [0, 0.1) is 12.8 Å². The van der Waals surface area contributed by atoms with Crippen LogP contribution in [-0.2, 0) is 6.42 Å². The average molecular weight is 165 g/mol. The minimum Gasteiger partial charge on any atom is -0.466 e. The molecule has 0 saturated carbocycles. The number of aryl methyl sites for hydroxylation is 1.